The fourth-order valence-corrected chi connectivity index (χ4v) is 2.62. The van der Waals surface area contributed by atoms with Crippen LogP contribution in [0.4, 0.5) is 5.69 Å². The van der Waals surface area contributed by atoms with Gasteiger partial charge in [-0.3, -0.25) is 0 Å². The highest BCUT2D eigenvalue weighted by Crippen LogP contribution is 2.33. The lowest BCUT2D eigenvalue weighted by Gasteiger charge is -2.23. The highest BCUT2D eigenvalue weighted by Gasteiger charge is 2.22. The third-order valence-corrected chi connectivity index (χ3v) is 3.67. The van der Waals surface area contributed by atoms with Crippen molar-refractivity contribution in [1.29, 1.82) is 0 Å². The minimum Gasteiger partial charge on any atom is -0.475 e. The summed E-state index contributed by atoms with van der Waals surface area (Å²) in [6, 6.07) is 6.22. The molecule has 3 rings (SSSR count). The number of hydrogen-bond acceptors (Lipinski definition) is 5. The molecule has 0 bridgehead atoms. The molecular weight excluding hydrogens is 268 g/mol. The lowest BCUT2D eigenvalue weighted by Crippen LogP contribution is -2.16. The standard InChI is InChI=1S/C16H20N2O3/c1-19-9-10-21-16-6-5-12(11-17-16)18-14-3-2-4-15-13(14)7-8-20-15/h5-8,11,14,18H,2-4,9-10H2,1H3. The van der Waals surface area contributed by atoms with E-state index in [-0.39, 0.29) is 0 Å². The van der Waals surface area contributed by atoms with Crippen molar-refractivity contribution in [2.24, 2.45) is 0 Å². The minimum atomic E-state index is 0.301. The van der Waals surface area contributed by atoms with Crippen LogP contribution < -0.4 is 10.1 Å². The number of fused-ring (bicyclic) bond motifs is 1. The molecule has 0 aromatic carbocycles. The maximum atomic E-state index is 5.51. The van der Waals surface area contributed by atoms with Gasteiger partial charge in [-0.05, 0) is 25.0 Å². The van der Waals surface area contributed by atoms with Crippen molar-refractivity contribution in [3.8, 4) is 5.88 Å². The van der Waals surface area contributed by atoms with E-state index >= 15 is 0 Å². The highest BCUT2D eigenvalue weighted by atomic mass is 16.5. The number of furan rings is 1. The van der Waals surface area contributed by atoms with Gasteiger partial charge in [-0.15, -0.1) is 0 Å². The summed E-state index contributed by atoms with van der Waals surface area (Å²) in [5, 5.41) is 3.51. The van der Waals surface area contributed by atoms with Gasteiger partial charge in [-0.25, -0.2) is 4.98 Å². The van der Waals surface area contributed by atoms with E-state index in [2.05, 4.69) is 16.4 Å². The van der Waals surface area contributed by atoms with Crippen LogP contribution in [-0.2, 0) is 11.2 Å². The third-order valence-electron chi connectivity index (χ3n) is 3.67. The molecule has 0 amide bonds. The molecule has 1 unspecified atom stereocenters. The van der Waals surface area contributed by atoms with Crippen molar-refractivity contribution in [2.75, 3.05) is 25.6 Å². The third kappa shape index (κ3) is 3.36. The molecule has 0 radical (unpaired) electrons. The molecule has 21 heavy (non-hydrogen) atoms. The maximum Gasteiger partial charge on any atom is 0.213 e. The number of hydrogen-bond donors (Lipinski definition) is 1. The van der Waals surface area contributed by atoms with E-state index in [1.165, 1.54) is 5.56 Å². The van der Waals surface area contributed by atoms with Gasteiger partial charge in [-0.2, -0.15) is 0 Å². The predicted octanol–water partition coefficient (Wildman–Crippen LogP) is 3.19. The summed E-state index contributed by atoms with van der Waals surface area (Å²) < 4.78 is 15.9. The average molecular weight is 288 g/mol. The molecule has 1 aliphatic rings. The molecule has 5 heteroatoms. The zero-order valence-corrected chi connectivity index (χ0v) is 12.2. The van der Waals surface area contributed by atoms with Gasteiger partial charge in [0.1, 0.15) is 12.4 Å². The molecule has 2 aromatic rings. The van der Waals surface area contributed by atoms with Gasteiger partial charge in [0, 0.05) is 25.2 Å². The average Bonchev–Trinajstić information content (AvgIpc) is 2.99. The fraction of sp³-hybridized carbons (Fsp3) is 0.438. The number of methoxy groups -OCH3 is 1. The van der Waals surface area contributed by atoms with Crippen molar-refractivity contribution in [2.45, 2.75) is 25.3 Å². The van der Waals surface area contributed by atoms with E-state index in [1.54, 1.807) is 19.6 Å². The van der Waals surface area contributed by atoms with E-state index < -0.39 is 0 Å². The maximum absolute atomic E-state index is 5.51. The molecule has 2 heterocycles. The molecule has 0 aliphatic heterocycles. The van der Waals surface area contributed by atoms with Crippen LogP contribution in [0.15, 0.2) is 35.1 Å². The quantitative estimate of drug-likeness (QED) is 0.827. The molecule has 1 atom stereocenters. The number of aryl methyl sites for hydroxylation is 1. The Hall–Kier alpha value is -2.01. The number of pyridine rings is 1. The second-order valence-corrected chi connectivity index (χ2v) is 5.11. The van der Waals surface area contributed by atoms with Crippen molar-refractivity contribution in [1.82, 2.24) is 4.98 Å². The first-order chi connectivity index (χ1) is 10.4. The van der Waals surface area contributed by atoms with Crippen molar-refractivity contribution in [3.63, 3.8) is 0 Å². The van der Waals surface area contributed by atoms with Gasteiger partial charge in [0.25, 0.3) is 0 Å². The first-order valence-electron chi connectivity index (χ1n) is 7.27. The van der Waals surface area contributed by atoms with Gasteiger partial charge in [-0.1, -0.05) is 0 Å². The summed E-state index contributed by atoms with van der Waals surface area (Å²) in [6.07, 6.45) is 6.86. The van der Waals surface area contributed by atoms with Crippen molar-refractivity contribution < 1.29 is 13.9 Å². The molecular formula is C16H20N2O3. The van der Waals surface area contributed by atoms with E-state index in [4.69, 9.17) is 13.9 Å². The number of anilines is 1. The molecule has 1 N–H and O–H groups in total. The molecule has 5 nitrogen and oxygen atoms in total. The van der Waals surface area contributed by atoms with Gasteiger partial charge in [0.2, 0.25) is 5.88 Å². The van der Waals surface area contributed by atoms with E-state index in [0.29, 0.717) is 25.1 Å². The largest absolute Gasteiger partial charge is 0.475 e. The number of ether oxygens (including phenoxy) is 2. The fourth-order valence-electron chi connectivity index (χ4n) is 2.62. The summed E-state index contributed by atoms with van der Waals surface area (Å²) in [6.45, 7) is 1.07. The molecule has 0 saturated heterocycles. The number of nitrogens with zero attached hydrogens (tertiary/aromatic N) is 1. The Morgan fingerprint density at radius 3 is 3.10 bits per heavy atom. The Kier molecular flexibility index (Phi) is 4.40. The van der Waals surface area contributed by atoms with Gasteiger partial charge < -0.3 is 19.2 Å². The Morgan fingerprint density at radius 2 is 2.29 bits per heavy atom. The first-order valence-corrected chi connectivity index (χ1v) is 7.27. The van der Waals surface area contributed by atoms with Crippen molar-refractivity contribution >= 4 is 5.69 Å². The second kappa shape index (κ2) is 6.63. The summed E-state index contributed by atoms with van der Waals surface area (Å²) in [4.78, 5) is 4.30. The Morgan fingerprint density at radius 1 is 1.33 bits per heavy atom. The van der Waals surface area contributed by atoms with Crippen LogP contribution in [0.3, 0.4) is 0 Å². The van der Waals surface area contributed by atoms with Crippen LogP contribution in [0, 0.1) is 0 Å². The smallest absolute Gasteiger partial charge is 0.213 e. The SMILES string of the molecule is COCCOc1ccc(NC2CCCc3occc32)cn1. The zero-order valence-electron chi connectivity index (χ0n) is 12.2. The molecule has 2 aromatic heterocycles. The van der Waals surface area contributed by atoms with Crippen LogP contribution in [0.1, 0.15) is 30.2 Å². The number of nitrogens with one attached hydrogen (secondary N) is 1. The highest BCUT2D eigenvalue weighted by molar-refractivity contribution is 5.45. The summed E-state index contributed by atoms with van der Waals surface area (Å²) in [7, 11) is 1.65. The lowest BCUT2D eigenvalue weighted by molar-refractivity contribution is 0.144. The Bertz CT molecular complexity index is 565. The van der Waals surface area contributed by atoms with Gasteiger partial charge in [0.15, 0.2) is 0 Å². The summed E-state index contributed by atoms with van der Waals surface area (Å²) in [5.41, 5.74) is 2.26. The lowest BCUT2D eigenvalue weighted by atomic mass is 9.93. The van der Waals surface area contributed by atoms with Crippen LogP contribution in [0.5, 0.6) is 5.88 Å². The molecule has 1 aliphatic carbocycles. The van der Waals surface area contributed by atoms with E-state index in [1.807, 2.05) is 12.1 Å². The number of aromatic nitrogens is 1. The van der Waals surface area contributed by atoms with Crippen LogP contribution in [0.2, 0.25) is 0 Å². The number of rotatable bonds is 6. The minimum absolute atomic E-state index is 0.301. The first kappa shape index (κ1) is 13.9. The van der Waals surface area contributed by atoms with Crippen LogP contribution in [-0.4, -0.2) is 25.3 Å². The molecule has 0 spiro atoms. The summed E-state index contributed by atoms with van der Waals surface area (Å²) >= 11 is 0. The molecule has 0 fully saturated rings. The van der Waals surface area contributed by atoms with Crippen LogP contribution in [0.25, 0.3) is 0 Å². The summed E-state index contributed by atoms with van der Waals surface area (Å²) in [5.74, 6) is 1.72. The Balaban J connectivity index is 1.61. The topological polar surface area (TPSA) is 56.5 Å². The van der Waals surface area contributed by atoms with Crippen LogP contribution >= 0.6 is 0 Å². The van der Waals surface area contributed by atoms with E-state index in [0.717, 1.165) is 30.7 Å². The van der Waals surface area contributed by atoms with Crippen molar-refractivity contribution in [3.05, 3.63) is 42.0 Å². The molecule has 0 saturated carbocycles. The zero-order chi connectivity index (χ0) is 14.5. The van der Waals surface area contributed by atoms with Gasteiger partial charge in [0.05, 0.1) is 30.8 Å². The molecule has 112 valence electrons. The predicted molar refractivity (Wildman–Crippen MR) is 79.6 cm³/mol. The van der Waals surface area contributed by atoms with Gasteiger partial charge >= 0.3 is 0 Å². The second-order valence-electron chi connectivity index (χ2n) is 5.11. The Labute approximate surface area is 124 Å². The normalized spacial score (nSPS) is 17.3. The van der Waals surface area contributed by atoms with E-state index in [9.17, 15) is 0 Å². The monoisotopic (exact) mass is 288 g/mol.